The third-order valence-electron chi connectivity index (χ3n) is 4.02. The molecule has 3 aromatic rings. The molecule has 0 unspecified atom stereocenters. The fraction of sp³-hybridized carbons (Fsp3) is 0.211. The monoisotopic (exact) mass is 399 g/mol. The average Bonchev–Trinajstić information content (AvgIpc) is 2.71. The number of methoxy groups -OCH3 is 2. The Morgan fingerprint density at radius 3 is 2.61 bits per heavy atom. The van der Waals surface area contributed by atoms with E-state index in [4.69, 9.17) is 15.3 Å². The zero-order valence-electron chi connectivity index (χ0n) is 15.8. The van der Waals surface area contributed by atoms with Crippen molar-refractivity contribution in [2.45, 2.75) is 17.8 Å². The van der Waals surface area contributed by atoms with Gasteiger partial charge in [-0.3, -0.25) is 4.79 Å². The molecule has 0 radical (unpaired) electrons. The van der Waals surface area contributed by atoms with Gasteiger partial charge in [0.15, 0.2) is 0 Å². The van der Waals surface area contributed by atoms with Gasteiger partial charge in [0, 0.05) is 11.3 Å². The first-order valence-corrected chi connectivity index (χ1v) is 9.43. The first kappa shape index (κ1) is 19.6. The number of thioether (sulfide) groups is 1. The molecule has 0 amide bonds. The van der Waals surface area contributed by atoms with E-state index in [1.54, 1.807) is 14.2 Å². The van der Waals surface area contributed by atoms with E-state index >= 15 is 0 Å². The lowest BCUT2D eigenvalue weighted by molar-refractivity contribution is 0.411. The fourth-order valence-corrected chi connectivity index (χ4v) is 3.42. The van der Waals surface area contributed by atoms with Crippen LogP contribution in [0.3, 0.4) is 0 Å². The van der Waals surface area contributed by atoms with Crippen molar-refractivity contribution in [3.05, 3.63) is 63.9 Å². The van der Waals surface area contributed by atoms with Gasteiger partial charge in [-0.1, -0.05) is 36.0 Å². The number of aromatic nitrogens is 3. The predicted molar refractivity (Wildman–Crippen MR) is 110 cm³/mol. The quantitative estimate of drug-likeness (QED) is 0.462. The number of rotatable bonds is 7. The van der Waals surface area contributed by atoms with E-state index in [0.717, 1.165) is 21.6 Å². The number of aryl methyl sites for hydroxylation is 1. The van der Waals surface area contributed by atoms with Gasteiger partial charge in [-0.15, -0.1) is 10.2 Å². The van der Waals surface area contributed by atoms with E-state index in [9.17, 15) is 4.79 Å². The lowest BCUT2D eigenvalue weighted by Crippen LogP contribution is -2.32. The molecule has 0 spiro atoms. The predicted octanol–water partition coefficient (Wildman–Crippen LogP) is 2.71. The third-order valence-corrected chi connectivity index (χ3v) is 5.01. The van der Waals surface area contributed by atoms with Crippen molar-refractivity contribution in [2.75, 3.05) is 25.4 Å². The summed E-state index contributed by atoms with van der Waals surface area (Å²) in [5.74, 6) is 7.86. The number of nitrogens with one attached hydrogen (secondary N) is 1. The molecular weight excluding hydrogens is 378 g/mol. The molecule has 2 aromatic carbocycles. The Bertz CT molecular complexity index is 1040. The standard InChI is InChI=1S/C19H21N5O3S/c1-12-8-9-16(27-3)14(10-12)21-17-18(25)24(20)19(23-22-17)28-11-13-6-4-5-7-15(13)26-2/h4-10H,11,20H2,1-3H3,(H,21,22). The van der Waals surface area contributed by atoms with Crippen molar-refractivity contribution in [3.8, 4) is 11.5 Å². The Morgan fingerprint density at radius 1 is 1.11 bits per heavy atom. The molecular formula is C19H21N5O3S. The van der Waals surface area contributed by atoms with Crippen LogP contribution in [0.2, 0.25) is 0 Å². The molecule has 8 nitrogen and oxygen atoms in total. The van der Waals surface area contributed by atoms with Crippen LogP contribution in [0.15, 0.2) is 52.4 Å². The van der Waals surface area contributed by atoms with Crippen molar-refractivity contribution in [2.24, 2.45) is 0 Å². The van der Waals surface area contributed by atoms with Crippen LogP contribution < -0.4 is 26.2 Å². The van der Waals surface area contributed by atoms with Gasteiger partial charge in [0.1, 0.15) is 11.5 Å². The van der Waals surface area contributed by atoms with Gasteiger partial charge in [0.2, 0.25) is 11.0 Å². The van der Waals surface area contributed by atoms with Crippen molar-refractivity contribution in [1.29, 1.82) is 0 Å². The lowest BCUT2D eigenvalue weighted by Gasteiger charge is -2.12. The number of benzene rings is 2. The zero-order chi connectivity index (χ0) is 20.1. The molecule has 0 aliphatic carbocycles. The molecule has 0 atom stereocenters. The number of nitrogens with zero attached hydrogens (tertiary/aromatic N) is 3. The Kier molecular flexibility index (Phi) is 6.05. The minimum atomic E-state index is -0.485. The summed E-state index contributed by atoms with van der Waals surface area (Å²) in [5, 5.41) is 11.4. The van der Waals surface area contributed by atoms with Crippen LogP contribution in [-0.4, -0.2) is 29.1 Å². The molecule has 0 fully saturated rings. The highest BCUT2D eigenvalue weighted by Gasteiger charge is 2.14. The minimum Gasteiger partial charge on any atom is -0.496 e. The van der Waals surface area contributed by atoms with Crippen LogP contribution in [0.5, 0.6) is 11.5 Å². The maximum atomic E-state index is 12.6. The van der Waals surface area contributed by atoms with Crippen LogP contribution in [0.4, 0.5) is 11.5 Å². The summed E-state index contributed by atoms with van der Waals surface area (Å²) in [7, 11) is 3.17. The molecule has 0 bridgehead atoms. The minimum absolute atomic E-state index is 0.0213. The number of para-hydroxylation sites is 1. The number of ether oxygens (including phenoxy) is 2. The van der Waals surface area contributed by atoms with E-state index in [-0.39, 0.29) is 5.82 Å². The van der Waals surface area contributed by atoms with E-state index < -0.39 is 5.56 Å². The van der Waals surface area contributed by atoms with E-state index in [2.05, 4.69) is 15.5 Å². The summed E-state index contributed by atoms with van der Waals surface area (Å²) in [5.41, 5.74) is 2.11. The molecule has 28 heavy (non-hydrogen) atoms. The number of nitrogens with two attached hydrogens (primary N) is 1. The molecule has 1 aromatic heterocycles. The second-order valence-electron chi connectivity index (χ2n) is 5.94. The van der Waals surface area contributed by atoms with Gasteiger partial charge >= 0.3 is 5.56 Å². The lowest BCUT2D eigenvalue weighted by atomic mass is 10.2. The number of nitrogen functional groups attached to an aromatic ring is 1. The number of hydrogen-bond donors (Lipinski definition) is 2. The highest BCUT2D eigenvalue weighted by molar-refractivity contribution is 7.98. The summed E-state index contributed by atoms with van der Waals surface area (Å²) in [4.78, 5) is 12.6. The molecule has 146 valence electrons. The summed E-state index contributed by atoms with van der Waals surface area (Å²) in [6.45, 7) is 1.94. The van der Waals surface area contributed by atoms with Crippen LogP contribution in [0, 0.1) is 6.92 Å². The summed E-state index contributed by atoms with van der Waals surface area (Å²) in [6.07, 6.45) is 0. The molecule has 0 saturated heterocycles. The molecule has 0 aliphatic heterocycles. The van der Waals surface area contributed by atoms with Gasteiger partial charge in [-0.25, -0.2) is 0 Å². The third kappa shape index (κ3) is 4.20. The average molecular weight is 399 g/mol. The van der Waals surface area contributed by atoms with E-state index in [1.807, 2.05) is 49.4 Å². The summed E-state index contributed by atoms with van der Waals surface area (Å²) in [6, 6.07) is 13.2. The molecule has 9 heteroatoms. The Labute approximate surface area is 166 Å². The Morgan fingerprint density at radius 2 is 1.86 bits per heavy atom. The Hall–Kier alpha value is -3.20. The first-order chi connectivity index (χ1) is 13.5. The molecule has 0 saturated carbocycles. The second-order valence-corrected chi connectivity index (χ2v) is 6.88. The first-order valence-electron chi connectivity index (χ1n) is 8.44. The largest absolute Gasteiger partial charge is 0.496 e. The second kappa shape index (κ2) is 8.66. The zero-order valence-corrected chi connectivity index (χ0v) is 16.6. The number of anilines is 2. The van der Waals surface area contributed by atoms with Gasteiger partial charge in [-0.05, 0) is 30.7 Å². The highest BCUT2D eigenvalue weighted by atomic mass is 32.2. The van der Waals surface area contributed by atoms with Crippen LogP contribution in [-0.2, 0) is 5.75 Å². The highest BCUT2D eigenvalue weighted by Crippen LogP contribution is 2.28. The maximum absolute atomic E-state index is 12.6. The van der Waals surface area contributed by atoms with Gasteiger partial charge in [0.25, 0.3) is 0 Å². The molecule has 0 aliphatic rings. The van der Waals surface area contributed by atoms with Crippen molar-refractivity contribution < 1.29 is 9.47 Å². The normalized spacial score (nSPS) is 10.5. The van der Waals surface area contributed by atoms with Gasteiger partial charge < -0.3 is 20.6 Å². The van der Waals surface area contributed by atoms with Crippen molar-refractivity contribution in [3.63, 3.8) is 0 Å². The van der Waals surface area contributed by atoms with Crippen molar-refractivity contribution >= 4 is 23.3 Å². The maximum Gasteiger partial charge on any atom is 0.315 e. The molecule has 3 N–H and O–H groups in total. The van der Waals surface area contributed by atoms with E-state index in [1.165, 1.54) is 11.8 Å². The molecule has 3 rings (SSSR count). The summed E-state index contributed by atoms with van der Waals surface area (Å²) < 4.78 is 11.6. The Balaban J connectivity index is 1.82. The molecule has 1 heterocycles. The number of hydrogen-bond acceptors (Lipinski definition) is 8. The van der Waals surface area contributed by atoms with Crippen LogP contribution in [0.1, 0.15) is 11.1 Å². The SMILES string of the molecule is COc1ccccc1CSc1nnc(Nc2cc(C)ccc2OC)c(=O)n1N. The smallest absolute Gasteiger partial charge is 0.315 e. The fourth-order valence-electron chi connectivity index (χ4n) is 2.57. The van der Waals surface area contributed by atoms with Gasteiger partial charge in [0.05, 0.1) is 19.9 Å². The van der Waals surface area contributed by atoms with Crippen molar-refractivity contribution in [1.82, 2.24) is 14.9 Å². The van der Waals surface area contributed by atoms with Crippen LogP contribution in [0.25, 0.3) is 0 Å². The van der Waals surface area contributed by atoms with Gasteiger partial charge in [-0.2, -0.15) is 4.68 Å². The topological polar surface area (TPSA) is 104 Å². The summed E-state index contributed by atoms with van der Waals surface area (Å²) >= 11 is 1.30. The van der Waals surface area contributed by atoms with Crippen LogP contribution >= 0.6 is 11.8 Å². The van der Waals surface area contributed by atoms with E-state index in [0.29, 0.717) is 22.3 Å².